The molecule has 6 heteroatoms. The molecule has 3 aromatic rings. The predicted molar refractivity (Wildman–Crippen MR) is 117 cm³/mol. The summed E-state index contributed by atoms with van der Waals surface area (Å²) in [7, 11) is 1.57. The minimum Gasteiger partial charge on any atom is -0.496 e. The summed E-state index contributed by atoms with van der Waals surface area (Å²) in [5.41, 5.74) is 2.22. The highest BCUT2D eigenvalue weighted by Gasteiger charge is 2.31. The zero-order valence-corrected chi connectivity index (χ0v) is 17.7. The third-order valence-corrected chi connectivity index (χ3v) is 6.27. The third kappa shape index (κ3) is 4.44. The number of carbonyl (C=O) groups is 2. The highest BCUT2D eigenvalue weighted by atomic mass is 32.1. The standard InChI is InChI=1S/C24H24N2O3S/c1-29-21-12-6-5-11-19(21)23(27)18-10-7-13-26(15-18)24(28)20-16-30-22(25-20)14-17-8-3-2-4-9-17/h2-6,8-9,11-12,16,18H,7,10,13-15H2,1H3/t18-/m1/s1. The quantitative estimate of drug-likeness (QED) is 0.552. The molecule has 0 spiro atoms. The molecule has 2 heterocycles. The van der Waals surface area contributed by atoms with Gasteiger partial charge in [-0.15, -0.1) is 11.3 Å². The largest absolute Gasteiger partial charge is 0.496 e. The van der Waals surface area contributed by atoms with Crippen molar-refractivity contribution in [2.75, 3.05) is 20.2 Å². The van der Waals surface area contributed by atoms with Crippen molar-refractivity contribution in [3.05, 3.63) is 81.8 Å². The first-order valence-electron chi connectivity index (χ1n) is 10.1. The Morgan fingerprint density at radius 1 is 1.13 bits per heavy atom. The second kappa shape index (κ2) is 9.22. The number of hydrogen-bond donors (Lipinski definition) is 0. The maximum atomic E-state index is 13.1. The average Bonchev–Trinajstić information content (AvgIpc) is 3.27. The summed E-state index contributed by atoms with van der Waals surface area (Å²) in [6.45, 7) is 1.07. The molecule has 0 radical (unpaired) electrons. The summed E-state index contributed by atoms with van der Waals surface area (Å²) in [4.78, 5) is 32.4. The van der Waals surface area contributed by atoms with Crippen molar-refractivity contribution in [3.8, 4) is 5.75 Å². The van der Waals surface area contributed by atoms with Gasteiger partial charge in [-0.25, -0.2) is 4.98 Å². The monoisotopic (exact) mass is 420 g/mol. The molecule has 5 nitrogen and oxygen atoms in total. The zero-order chi connectivity index (χ0) is 20.9. The summed E-state index contributed by atoms with van der Waals surface area (Å²) >= 11 is 1.50. The van der Waals surface area contributed by atoms with Crippen molar-refractivity contribution < 1.29 is 14.3 Å². The molecule has 0 N–H and O–H groups in total. The van der Waals surface area contributed by atoms with Crippen LogP contribution in [0.2, 0.25) is 0 Å². The maximum absolute atomic E-state index is 13.1. The maximum Gasteiger partial charge on any atom is 0.273 e. The Balaban J connectivity index is 1.44. The van der Waals surface area contributed by atoms with Crippen LogP contribution in [0, 0.1) is 5.92 Å². The Morgan fingerprint density at radius 2 is 1.90 bits per heavy atom. The van der Waals surface area contributed by atoms with Crippen LogP contribution < -0.4 is 4.74 Å². The Bertz CT molecular complexity index is 1030. The highest BCUT2D eigenvalue weighted by molar-refractivity contribution is 7.09. The Kier molecular flexibility index (Phi) is 6.23. The van der Waals surface area contributed by atoms with Gasteiger partial charge in [-0.1, -0.05) is 42.5 Å². The van der Waals surface area contributed by atoms with E-state index in [1.807, 2.05) is 35.7 Å². The normalized spacial score (nSPS) is 16.3. The fraction of sp³-hybridized carbons (Fsp3) is 0.292. The van der Waals surface area contributed by atoms with Gasteiger partial charge in [0.05, 0.1) is 17.7 Å². The van der Waals surface area contributed by atoms with Crippen molar-refractivity contribution in [1.29, 1.82) is 0 Å². The lowest BCUT2D eigenvalue weighted by atomic mass is 9.89. The molecular formula is C24H24N2O3S. The van der Waals surface area contributed by atoms with Crippen LogP contribution in [0.4, 0.5) is 0 Å². The number of ether oxygens (including phenoxy) is 1. The first-order chi connectivity index (χ1) is 14.7. The molecule has 4 rings (SSSR count). The number of Topliss-reactive ketones (excluding diaryl/α,β-unsaturated/α-hetero) is 1. The second-order valence-corrected chi connectivity index (χ2v) is 8.39. The summed E-state index contributed by atoms with van der Waals surface area (Å²) in [5.74, 6) is 0.300. The van der Waals surface area contributed by atoms with Gasteiger partial charge >= 0.3 is 0 Å². The lowest BCUT2D eigenvalue weighted by Gasteiger charge is -2.31. The number of rotatable bonds is 6. The number of nitrogens with zero attached hydrogens (tertiary/aromatic N) is 2. The van der Waals surface area contributed by atoms with Crippen molar-refractivity contribution >= 4 is 23.0 Å². The van der Waals surface area contributed by atoms with E-state index in [2.05, 4.69) is 17.1 Å². The van der Waals surface area contributed by atoms with E-state index in [-0.39, 0.29) is 17.6 Å². The van der Waals surface area contributed by atoms with Gasteiger partial charge in [0.2, 0.25) is 0 Å². The van der Waals surface area contributed by atoms with E-state index in [1.54, 1.807) is 24.1 Å². The van der Waals surface area contributed by atoms with Crippen LogP contribution in [0.1, 0.15) is 44.3 Å². The van der Waals surface area contributed by atoms with Gasteiger partial charge in [0.25, 0.3) is 5.91 Å². The van der Waals surface area contributed by atoms with Crippen LogP contribution in [0.25, 0.3) is 0 Å². The number of piperidine rings is 1. The Hall–Kier alpha value is -2.99. The van der Waals surface area contributed by atoms with Crippen LogP contribution in [-0.2, 0) is 6.42 Å². The van der Waals surface area contributed by atoms with E-state index in [0.717, 1.165) is 17.8 Å². The number of methoxy groups -OCH3 is 1. The summed E-state index contributed by atoms with van der Waals surface area (Å²) < 4.78 is 5.34. The minimum atomic E-state index is -0.221. The topological polar surface area (TPSA) is 59.5 Å². The van der Waals surface area contributed by atoms with E-state index >= 15 is 0 Å². The molecule has 1 aliphatic heterocycles. The molecule has 0 bridgehead atoms. The summed E-state index contributed by atoms with van der Waals surface area (Å²) in [5, 5.41) is 2.75. The van der Waals surface area contributed by atoms with Crippen LogP contribution in [0.15, 0.2) is 60.0 Å². The molecule has 154 valence electrons. The molecule has 0 aliphatic carbocycles. The second-order valence-electron chi connectivity index (χ2n) is 7.44. The molecule has 2 aromatic carbocycles. The average molecular weight is 421 g/mol. The van der Waals surface area contributed by atoms with E-state index in [1.165, 1.54) is 16.9 Å². The van der Waals surface area contributed by atoms with Gasteiger partial charge in [0.15, 0.2) is 5.78 Å². The molecule has 1 aromatic heterocycles. The molecular weight excluding hydrogens is 396 g/mol. The van der Waals surface area contributed by atoms with Gasteiger partial charge < -0.3 is 9.64 Å². The Labute approximate surface area is 180 Å². The number of hydrogen-bond acceptors (Lipinski definition) is 5. The van der Waals surface area contributed by atoms with Crippen molar-refractivity contribution in [2.45, 2.75) is 19.3 Å². The smallest absolute Gasteiger partial charge is 0.273 e. The number of para-hydroxylation sites is 1. The molecule has 1 atom stereocenters. The molecule has 1 fully saturated rings. The van der Waals surface area contributed by atoms with Gasteiger partial charge in [-0.3, -0.25) is 9.59 Å². The molecule has 30 heavy (non-hydrogen) atoms. The lowest BCUT2D eigenvalue weighted by Crippen LogP contribution is -2.42. The minimum absolute atomic E-state index is 0.0352. The van der Waals surface area contributed by atoms with Crippen molar-refractivity contribution in [2.24, 2.45) is 5.92 Å². The van der Waals surface area contributed by atoms with Crippen molar-refractivity contribution in [1.82, 2.24) is 9.88 Å². The van der Waals surface area contributed by atoms with E-state index in [9.17, 15) is 9.59 Å². The van der Waals surface area contributed by atoms with Crippen LogP contribution in [0.3, 0.4) is 0 Å². The molecule has 1 amide bonds. The number of aromatic nitrogens is 1. The lowest BCUT2D eigenvalue weighted by molar-refractivity contribution is 0.0632. The fourth-order valence-corrected chi connectivity index (χ4v) is 4.67. The molecule has 1 saturated heterocycles. The third-order valence-electron chi connectivity index (χ3n) is 5.42. The first kappa shape index (κ1) is 20.3. The highest BCUT2D eigenvalue weighted by Crippen LogP contribution is 2.27. The number of amides is 1. The number of ketones is 1. The predicted octanol–water partition coefficient (Wildman–Crippen LogP) is 4.48. The summed E-state index contributed by atoms with van der Waals surface area (Å²) in [6.07, 6.45) is 2.29. The first-order valence-corrected chi connectivity index (χ1v) is 11.0. The number of likely N-dealkylation sites (tertiary alicyclic amines) is 1. The van der Waals surface area contributed by atoms with Gasteiger partial charge in [0, 0.05) is 30.8 Å². The van der Waals surface area contributed by atoms with Gasteiger partial charge in [0.1, 0.15) is 11.4 Å². The SMILES string of the molecule is COc1ccccc1C(=O)[C@@H]1CCCN(C(=O)c2csc(Cc3ccccc3)n2)C1. The fourth-order valence-electron chi connectivity index (χ4n) is 3.87. The van der Waals surface area contributed by atoms with Crippen LogP contribution in [0.5, 0.6) is 5.75 Å². The molecule has 0 saturated carbocycles. The Morgan fingerprint density at radius 3 is 2.70 bits per heavy atom. The molecule has 0 unspecified atom stereocenters. The van der Waals surface area contributed by atoms with Crippen LogP contribution >= 0.6 is 11.3 Å². The number of thiazole rings is 1. The zero-order valence-electron chi connectivity index (χ0n) is 16.9. The van der Waals surface area contributed by atoms with Crippen molar-refractivity contribution in [3.63, 3.8) is 0 Å². The van der Waals surface area contributed by atoms with E-state index < -0.39 is 0 Å². The van der Waals surface area contributed by atoms with E-state index in [4.69, 9.17) is 4.74 Å². The number of carbonyl (C=O) groups excluding carboxylic acids is 2. The molecule has 1 aliphatic rings. The van der Waals surface area contributed by atoms with Gasteiger partial charge in [-0.2, -0.15) is 0 Å². The number of benzene rings is 2. The van der Waals surface area contributed by atoms with Crippen LogP contribution in [-0.4, -0.2) is 41.8 Å². The van der Waals surface area contributed by atoms with E-state index in [0.29, 0.717) is 36.5 Å². The van der Waals surface area contributed by atoms with Gasteiger partial charge in [-0.05, 0) is 30.5 Å². The summed E-state index contributed by atoms with van der Waals surface area (Å²) in [6, 6.07) is 17.4.